The lowest BCUT2D eigenvalue weighted by molar-refractivity contribution is 0.386. The van der Waals surface area contributed by atoms with Gasteiger partial charge in [0.05, 0.1) is 12.7 Å². The van der Waals surface area contributed by atoms with Gasteiger partial charge in [-0.15, -0.1) is 10.2 Å². The molecule has 0 saturated carbocycles. The first-order valence-corrected chi connectivity index (χ1v) is 5.81. The molecule has 0 saturated heterocycles. The number of hydrogen-bond acceptors (Lipinski definition) is 4. The number of fused-ring (bicyclic) bond motifs is 1. The van der Waals surface area contributed by atoms with Crippen molar-refractivity contribution in [2.45, 2.75) is 0 Å². The summed E-state index contributed by atoms with van der Waals surface area (Å²) in [5.74, 6) is 0.217. The van der Waals surface area contributed by atoms with Crippen molar-refractivity contribution < 1.29 is 9.13 Å². The van der Waals surface area contributed by atoms with Crippen LogP contribution in [0.25, 0.3) is 17.0 Å². The van der Waals surface area contributed by atoms with Crippen molar-refractivity contribution in [3.8, 4) is 23.2 Å². The van der Waals surface area contributed by atoms with E-state index in [1.807, 2.05) is 0 Å². The molecular weight excluding hydrogens is 259 g/mol. The predicted molar refractivity (Wildman–Crippen MR) is 69.6 cm³/mol. The summed E-state index contributed by atoms with van der Waals surface area (Å²) in [6, 6.07) is 9.87. The molecule has 1 aromatic carbocycles. The highest BCUT2D eigenvalue weighted by atomic mass is 19.1. The van der Waals surface area contributed by atoms with E-state index in [-0.39, 0.29) is 5.75 Å². The van der Waals surface area contributed by atoms with Gasteiger partial charge in [0, 0.05) is 11.8 Å². The van der Waals surface area contributed by atoms with Crippen LogP contribution in [0, 0.1) is 17.1 Å². The van der Waals surface area contributed by atoms with Crippen LogP contribution in [0.2, 0.25) is 0 Å². The van der Waals surface area contributed by atoms with Gasteiger partial charge in [-0.05, 0) is 30.3 Å². The molecule has 0 aliphatic rings. The van der Waals surface area contributed by atoms with Crippen molar-refractivity contribution in [1.29, 1.82) is 5.26 Å². The standard InChI is InChI=1S/C14H9FN4O/c1-20-12-6-10(3-4-11(12)15)14-18-17-13-5-2-9(7-16)8-19(13)14/h2-6,8H,1H3. The molecule has 3 rings (SSSR count). The fourth-order valence-corrected chi connectivity index (χ4v) is 1.95. The summed E-state index contributed by atoms with van der Waals surface area (Å²) in [6.07, 6.45) is 1.64. The van der Waals surface area contributed by atoms with E-state index in [4.69, 9.17) is 10.00 Å². The van der Waals surface area contributed by atoms with Gasteiger partial charge in [0.2, 0.25) is 0 Å². The minimum Gasteiger partial charge on any atom is -0.494 e. The zero-order valence-electron chi connectivity index (χ0n) is 10.5. The molecule has 0 unspecified atom stereocenters. The van der Waals surface area contributed by atoms with Crippen LogP contribution in [0.1, 0.15) is 5.56 Å². The third-order valence-corrected chi connectivity index (χ3v) is 2.94. The smallest absolute Gasteiger partial charge is 0.168 e. The van der Waals surface area contributed by atoms with Gasteiger partial charge in [-0.25, -0.2) is 4.39 Å². The highest BCUT2D eigenvalue weighted by molar-refractivity contribution is 5.62. The summed E-state index contributed by atoms with van der Waals surface area (Å²) in [5, 5.41) is 17.0. The molecular formula is C14H9FN4O. The Bertz CT molecular complexity index is 835. The van der Waals surface area contributed by atoms with Gasteiger partial charge in [-0.1, -0.05) is 0 Å². The van der Waals surface area contributed by atoms with Crippen LogP contribution in [0.5, 0.6) is 5.75 Å². The molecule has 0 aliphatic carbocycles. The van der Waals surface area contributed by atoms with E-state index in [0.717, 1.165) is 0 Å². The topological polar surface area (TPSA) is 63.2 Å². The Labute approximate surface area is 113 Å². The van der Waals surface area contributed by atoms with Crippen molar-refractivity contribution in [1.82, 2.24) is 14.6 Å². The Balaban J connectivity index is 2.22. The first kappa shape index (κ1) is 12.1. The number of rotatable bonds is 2. The number of ether oxygens (including phenoxy) is 1. The molecule has 0 fully saturated rings. The lowest BCUT2D eigenvalue weighted by Gasteiger charge is -2.04. The van der Waals surface area contributed by atoms with Crippen LogP contribution in [0.15, 0.2) is 36.5 Å². The van der Waals surface area contributed by atoms with E-state index in [1.54, 1.807) is 34.9 Å². The largest absolute Gasteiger partial charge is 0.494 e. The van der Waals surface area contributed by atoms with Gasteiger partial charge in [-0.3, -0.25) is 4.40 Å². The summed E-state index contributed by atoms with van der Waals surface area (Å²) >= 11 is 0. The Morgan fingerprint density at radius 3 is 2.85 bits per heavy atom. The molecule has 3 aromatic rings. The molecule has 0 atom stereocenters. The van der Waals surface area contributed by atoms with Crippen molar-refractivity contribution in [2.75, 3.05) is 7.11 Å². The Morgan fingerprint density at radius 1 is 1.25 bits per heavy atom. The minimum absolute atomic E-state index is 0.135. The van der Waals surface area contributed by atoms with E-state index in [2.05, 4.69) is 16.3 Å². The van der Waals surface area contributed by atoms with Crippen LogP contribution in [-0.4, -0.2) is 21.7 Å². The molecule has 0 bridgehead atoms. The predicted octanol–water partition coefficient (Wildman–Crippen LogP) is 2.42. The number of aromatic nitrogens is 3. The van der Waals surface area contributed by atoms with Crippen LogP contribution in [0.4, 0.5) is 4.39 Å². The van der Waals surface area contributed by atoms with E-state index >= 15 is 0 Å². The lowest BCUT2D eigenvalue weighted by atomic mass is 10.2. The maximum atomic E-state index is 13.4. The molecule has 0 N–H and O–H groups in total. The second kappa shape index (κ2) is 4.63. The van der Waals surface area contributed by atoms with Gasteiger partial charge in [0.15, 0.2) is 23.0 Å². The van der Waals surface area contributed by atoms with Gasteiger partial charge < -0.3 is 4.74 Å². The zero-order chi connectivity index (χ0) is 14.1. The molecule has 2 aromatic heterocycles. The molecule has 0 radical (unpaired) electrons. The summed E-state index contributed by atoms with van der Waals surface area (Å²) in [6.45, 7) is 0. The average molecular weight is 268 g/mol. The number of halogens is 1. The number of benzene rings is 1. The van der Waals surface area contributed by atoms with Crippen LogP contribution in [-0.2, 0) is 0 Å². The molecule has 0 aliphatic heterocycles. The van der Waals surface area contributed by atoms with Crippen molar-refractivity contribution in [2.24, 2.45) is 0 Å². The molecule has 5 nitrogen and oxygen atoms in total. The first-order chi connectivity index (χ1) is 9.72. The second-order valence-electron chi connectivity index (χ2n) is 4.13. The highest BCUT2D eigenvalue weighted by Gasteiger charge is 2.11. The Hall–Kier alpha value is -2.94. The minimum atomic E-state index is -0.442. The number of methoxy groups -OCH3 is 1. The summed E-state index contributed by atoms with van der Waals surface area (Å²) in [5.41, 5.74) is 1.76. The molecule has 2 heterocycles. The van der Waals surface area contributed by atoms with Gasteiger partial charge in [-0.2, -0.15) is 5.26 Å². The van der Waals surface area contributed by atoms with Crippen molar-refractivity contribution in [3.63, 3.8) is 0 Å². The number of nitrogens with zero attached hydrogens (tertiary/aromatic N) is 4. The summed E-state index contributed by atoms with van der Waals surface area (Å²) in [4.78, 5) is 0. The lowest BCUT2D eigenvalue weighted by Crippen LogP contribution is -1.93. The quantitative estimate of drug-likeness (QED) is 0.716. The molecule has 6 heteroatoms. The Morgan fingerprint density at radius 2 is 2.10 bits per heavy atom. The van der Waals surface area contributed by atoms with Crippen LogP contribution < -0.4 is 4.74 Å². The number of hydrogen-bond donors (Lipinski definition) is 0. The maximum absolute atomic E-state index is 13.4. The third kappa shape index (κ3) is 1.86. The monoisotopic (exact) mass is 268 g/mol. The fraction of sp³-hybridized carbons (Fsp3) is 0.0714. The maximum Gasteiger partial charge on any atom is 0.168 e. The third-order valence-electron chi connectivity index (χ3n) is 2.94. The highest BCUT2D eigenvalue weighted by Crippen LogP contribution is 2.25. The summed E-state index contributed by atoms with van der Waals surface area (Å²) in [7, 11) is 1.40. The molecule has 0 spiro atoms. The average Bonchev–Trinajstić information content (AvgIpc) is 2.90. The van der Waals surface area contributed by atoms with Crippen LogP contribution in [0.3, 0.4) is 0 Å². The van der Waals surface area contributed by atoms with Crippen molar-refractivity contribution in [3.05, 3.63) is 47.9 Å². The molecule has 98 valence electrons. The first-order valence-electron chi connectivity index (χ1n) is 5.81. The van der Waals surface area contributed by atoms with Crippen LogP contribution >= 0.6 is 0 Å². The van der Waals surface area contributed by atoms with Crippen molar-refractivity contribution >= 4 is 5.65 Å². The summed E-state index contributed by atoms with van der Waals surface area (Å²) < 4.78 is 20.1. The Kier molecular flexibility index (Phi) is 2.80. The van der Waals surface area contributed by atoms with E-state index in [9.17, 15) is 4.39 Å². The fourth-order valence-electron chi connectivity index (χ4n) is 1.95. The second-order valence-corrected chi connectivity index (χ2v) is 4.13. The van der Waals surface area contributed by atoms with Gasteiger partial charge >= 0.3 is 0 Å². The van der Waals surface area contributed by atoms with Gasteiger partial charge in [0.1, 0.15) is 6.07 Å². The van der Waals surface area contributed by atoms with Gasteiger partial charge in [0.25, 0.3) is 0 Å². The van der Waals surface area contributed by atoms with E-state index in [1.165, 1.54) is 13.2 Å². The number of nitriles is 1. The molecule has 0 amide bonds. The zero-order valence-corrected chi connectivity index (χ0v) is 10.5. The SMILES string of the molecule is COc1cc(-c2nnc3ccc(C#N)cn23)ccc1F. The molecule has 20 heavy (non-hydrogen) atoms. The van der Waals surface area contributed by atoms with E-state index in [0.29, 0.717) is 22.6 Å². The van der Waals surface area contributed by atoms with E-state index < -0.39 is 5.82 Å². The normalized spacial score (nSPS) is 10.4. The number of pyridine rings is 1.